The zero-order chi connectivity index (χ0) is 102. The summed E-state index contributed by atoms with van der Waals surface area (Å²) in [5.74, 6) is -4.07. The van der Waals surface area contributed by atoms with Crippen LogP contribution in [0.5, 0.6) is 0 Å². The number of Topliss-reactive ketones (excluding diaryl/α,β-unsaturated/α-hetero) is 4. The van der Waals surface area contributed by atoms with Gasteiger partial charge in [-0.3, -0.25) is 24.0 Å². The van der Waals surface area contributed by atoms with E-state index in [4.69, 9.17) is 26.0 Å². The summed E-state index contributed by atoms with van der Waals surface area (Å²) in [5, 5.41) is 96.3. The maximum atomic E-state index is 13.7. The first-order valence-corrected chi connectivity index (χ1v) is 32.9. The number of halogens is 1. The number of nitrogens with two attached hydrogens (primary N) is 2. The molecule has 1 aromatic rings. The number of carbonyl (C=O) groups is 6. The number of carbonyl (C=O) groups excluding carboxylic acids is 6. The van der Waals surface area contributed by atoms with Crippen LogP contribution in [0.2, 0.25) is 0 Å². The number of amides is 2. The predicted octanol–water partition coefficient (Wildman–Crippen LogP) is 20.9. The van der Waals surface area contributed by atoms with E-state index in [2.05, 4.69) is 442 Å². The number of aliphatic hydroxyl groups is 1. The van der Waals surface area contributed by atoms with Gasteiger partial charge in [0.1, 0.15) is 29.7 Å². The molecule has 0 aliphatic heterocycles. The molecule has 2 unspecified atom stereocenters. The summed E-state index contributed by atoms with van der Waals surface area (Å²) in [6.45, 7) is 145. The van der Waals surface area contributed by atoms with Crippen molar-refractivity contribution in [2.45, 2.75) is 84.7 Å². The number of nitrogens with one attached hydrogen (secondary N) is 1. The van der Waals surface area contributed by atoms with Gasteiger partial charge < -0.3 is 26.6 Å². The van der Waals surface area contributed by atoms with Gasteiger partial charge in [0.05, 0.1) is 39.5 Å². The van der Waals surface area contributed by atoms with Crippen LogP contribution in [-0.2, 0) is 172 Å². The van der Waals surface area contributed by atoms with Gasteiger partial charge in [-0.2, -0.15) is 0 Å². The van der Waals surface area contributed by atoms with Gasteiger partial charge in [0.25, 0.3) is 0 Å². The second kappa shape index (κ2) is 226. The second-order valence-corrected chi connectivity index (χ2v) is 14.6. The van der Waals surface area contributed by atoms with E-state index in [9.17, 15) is 33.9 Å². The number of aliphatic hydroxyl groups excluding tert-OH is 1. The first-order chi connectivity index (χ1) is 59.3. The Morgan fingerprint density at radius 2 is 0.664 bits per heavy atom. The molecule has 0 heterocycles. The molecule has 0 aromatic heterocycles. The maximum absolute atomic E-state index is 13.7. The minimum Gasteiger partial charge on any atom is -0.465 e. The largest absolute Gasteiger partial charge is 0.465 e. The van der Waals surface area contributed by atoms with E-state index in [1.807, 2.05) is 0 Å². The van der Waals surface area contributed by atoms with Crippen molar-refractivity contribution >= 4 is 47.5 Å². The summed E-state index contributed by atoms with van der Waals surface area (Å²) < 4.78 is 5.41. The van der Waals surface area contributed by atoms with E-state index >= 15 is 0 Å². The lowest BCUT2D eigenvalue weighted by Crippen LogP contribution is -2.40. The lowest BCUT2D eigenvalue weighted by molar-refractivity contribution is -0.870. The van der Waals surface area contributed by atoms with Crippen molar-refractivity contribution in [2.24, 2.45) is 34.6 Å². The number of rotatable bonds is 52. The summed E-state index contributed by atoms with van der Waals surface area (Å²) >= 11 is 0. The van der Waals surface area contributed by atoms with Crippen molar-refractivity contribution in [3.8, 4) is 0 Å². The van der Waals surface area contributed by atoms with Crippen molar-refractivity contribution in [1.29, 1.82) is 0 Å². The van der Waals surface area contributed by atoms with Crippen molar-refractivity contribution in [3.05, 3.63) is 351 Å². The van der Waals surface area contributed by atoms with E-state index in [1.165, 1.54) is 0 Å². The molecule has 0 aliphatic rings. The van der Waals surface area contributed by atoms with Crippen LogP contribution < -0.4 is 16.8 Å². The summed E-state index contributed by atoms with van der Waals surface area (Å²) in [5.41, 5.74) is 10.3. The molecule has 6 N–H and O–H groups in total. The fourth-order valence-corrected chi connectivity index (χ4v) is 5.79. The lowest BCUT2D eigenvalue weighted by Gasteiger charge is -2.30. The third-order valence-electron chi connectivity index (χ3n) is 9.07. The van der Waals surface area contributed by atoms with Gasteiger partial charge in [-0.15, -0.1) is 328 Å². The van der Waals surface area contributed by atoms with Crippen LogP contribution in [0.15, 0.2) is 340 Å². The summed E-state index contributed by atoms with van der Waals surface area (Å²) in [6.07, 6.45) is -0.945. The lowest BCUT2D eigenvalue weighted by atomic mass is 9.80. The van der Waals surface area contributed by atoms with Crippen LogP contribution in [-0.4, -0.2) is 87.4 Å². The van der Waals surface area contributed by atoms with Crippen molar-refractivity contribution in [1.82, 2.24) is 5.32 Å². The molecule has 0 aliphatic carbocycles. The van der Waals surface area contributed by atoms with Gasteiger partial charge in [0, 0.05) is 63.3 Å². The number of urea groups is 1. The van der Waals surface area contributed by atoms with Gasteiger partial charge in [-0.05, 0) is 154 Å². The van der Waals surface area contributed by atoms with Crippen LogP contribution in [0.1, 0.15) is 82.8 Å². The van der Waals surface area contributed by atoms with Crippen LogP contribution in [0.3, 0.4) is 0 Å². The van der Waals surface area contributed by atoms with Gasteiger partial charge >= 0.3 is 12.0 Å². The minimum absolute atomic E-state index is 0. The smallest absolute Gasteiger partial charge is 0.312 e. The molecular weight excluding hydrogens is 1630 g/mol. The van der Waals surface area contributed by atoms with Gasteiger partial charge in [-0.25, -0.2) is 24.3 Å². The molecule has 0 fully saturated rings. The second-order valence-electron chi connectivity index (χ2n) is 14.6. The number of esters is 1. The van der Waals surface area contributed by atoms with E-state index < -0.39 is 61.3 Å². The third kappa shape index (κ3) is 181. The maximum Gasteiger partial charge on any atom is 0.312 e. The molecule has 122 heavy (non-hydrogen) atoms. The highest BCUT2D eigenvalue weighted by molar-refractivity contribution is 5.92. The Labute approximate surface area is 736 Å². The topological polar surface area (TPSA) is 436 Å². The molecule has 0 radical (unpaired) electrons. The molecule has 0 saturated carbocycles. The Bertz CT molecular complexity index is 1940. The molecule has 38 heteroatoms. The Hall–Kier alpha value is -10.4. The third-order valence-corrected chi connectivity index (χ3v) is 9.07. The summed E-state index contributed by atoms with van der Waals surface area (Å²) in [6, 6.07) is 6.05. The molecule has 1 aromatic carbocycles. The molecule has 1 rings (SSSR count). The van der Waals surface area contributed by atoms with Gasteiger partial charge in [0.2, 0.25) is 0 Å². The highest BCUT2D eigenvalue weighted by Crippen LogP contribution is 2.28. The van der Waals surface area contributed by atoms with Crippen LogP contribution in [0.4, 0.5) is 4.79 Å². The standard InChI is InChI=1S/C36H57N3O34.24C2H4.ClH/c1-25(2)31(33(44)18-28(7-6-16-39-35(38)46)32(43)17-26-10-12-27(21-40)13-11-26)19-29(41)8-5-9-34(45)49-22-36(20-30(42)14-15-37,23-50-54-58-62-66-70-72-68-64-60-56-52-47-3)24-51-55-59-63-67-71-73-69-65-61-57-53-48-4;24*1-2;/h10-13,25,28,31,40H,5-9,14-24,37H2,1-4H3,(H3,38,39,46);24*1-2H2;1H. The van der Waals surface area contributed by atoms with Crippen LogP contribution >= 0.6 is 12.4 Å². The van der Waals surface area contributed by atoms with Crippen molar-refractivity contribution < 1.29 is 169 Å². The first kappa shape index (κ1) is 182. The predicted molar refractivity (Wildman–Crippen MR) is 487 cm³/mol. The van der Waals surface area contributed by atoms with E-state index in [0.29, 0.717) is 17.5 Å². The molecule has 2 atom stereocenters. The molecule has 0 bridgehead atoms. The fourth-order valence-electron chi connectivity index (χ4n) is 5.79. The van der Waals surface area contributed by atoms with Gasteiger partial charge in [0.15, 0.2) is 0 Å². The summed E-state index contributed by atoms with van der Waals surface area (Å²) in [4.78, 5) is 95.2. The monoisotopic (exact) mass is 1780 g/mol. The number of ether oxygens (including phenoxy) is 1. The number of hydrogen-bond donors (Lipinski definition) is 4. The average Bonchev–Trinajstić information content (AvgIpc) is 0.863. The van der Waals surface area contributed by atoms with Gasteiger partial charge in [-0.1, -0.05) is 38.1 Å². The molecule has 716 valence electrons. The average molecular weight is 1790 g/mol. The summed E-state index contributed by atoms with van der Waals surface area (Å²) in [7, 11) is 2.12. The van der Waals surface area contributed by atoms with Crippen molar-refractivity contribution in [2.75, 3.05) is 47.1 Å². The van der Waals surface area contributed by atoms with Crippen molar-refractivity contribution in [3.63, 3.8) is 0 Å². The first-order valence-electron chi connectivity index (χ1n) is 32.9. The van der Waals surface area contributed by atoms with E-state index in [-0.39, 0.29) is 107 Å². The Morgan fingerprint density at radius 3 is 0.934 bits per heavy atom. The highest BCUT2D eigenvalue weighted by atomic mass is 35.5. The Balaban J connectivity index is -0.0000000713. The molecule has 2 amide bonds. The van der Waals surface area contributed by atoms with Crippen LogP contribution in [0, 0.1) is 23.2 Å². The zero-order valence-corrected chi connectivity index (χ0v) is 74.6. The quantitative estimate of drug-likeness (QED) is 0.0155. The molecule has 0 spiro atoms. The molecule has 37 nitrogen and oxygen atoms in total. The fraction of sp³-hybridized carbons (Fsp3) is 0.286. The van der Waals surface area contributed by atoms with E-state index in [1.54, 1.807) is 38.1 Å². The van der Waals surface area contributed by atoms with Crippen LogP contribution in [0.25, 0.3) is 0 Å². The highest BCUT2D eigenvalue weighted by Gasteiger charge is 2.38. The number of hydrogen-bond acceptors (Lipinski definition) is 35. The Morgan fingerprint density at radius 1 is 0.377 bits per heavy atom. The zero-order valence-electron chi connectivity index (χ0n) is 73.8. The van der Waals surface area contributed by atoms with E-state index in [0.717, 1.165) is 14.2 Å². The number of primary amides is 1. The number of ketones is 4. The molecule has 0 saturated heterocycles. The number of benzene rings is 1. The Kier molecular flexibility index (Phi) is 338. The minimum atomic E-state index is -1.75. The normalized spacial score (nSPS) is 8.25. The SMILES string of the molecule is C=C.C=C.C=C.C=C.C=C.C=C.C=C.C=C.C=C.C=C.C=C.C=C.C=C.C=C.C=C.C=C.C=C.C=C.C=C.C=C.C=C.C=C.C=C.C=C.COOOOOOOOOOOOOCC(COOOOOOOOOOOOOC)(COC(=O)CCCC(=O)CC(C(=O)CC(CCCNC(N)=O)C(=O)Cc1ccc(CO)cc1)C(C)C)CC(=O)CCN.Cl. The molecular formula is C84H154ClN3O34.